The third-order valence-corrected chi connectivity index (χ3v) is 2.43. The Morgan fingerprint density at radius 1 is 1.25 bits per heavy atom. The topological polar surface area (TPSA) is 9.23 Å². The molecule has 0 aliphatic carbocycles. The molecule has 1 nitrogen and oxygen atoms in total. The number of ether oxygens (including phenoxy) is 1. The lowest BCUT2D eigenvalue weighted by Gasteiger charge is -2.12. The van der Waals surface area contributed by atoms with Crippen LogP contribution >= 0.6 is 15.9 Å². The maximum absolute atomic E-state index is 13.2. The Morgan fingerprint density at radius 3 is 2.50 bits per heavy atom. The standard InChI is InChI=1S/C10H9BrF4O/c11-6-7-2-1-3-8(12)9(7)16-5-4-10(13,14)15/h1-3H,4-6H2. The molecule has 90 valence electrons. The molecule has 0 saturated carbocycles. The molecule has 0 unspecified atom stereocenters. The van der Waals surface area contributed by atoms with Gasteiger partial charge < -0.3 is 4.74 Å². The molecule has 0 N–H and O–H groups in total. The zero-order valence-corrected chi connectivity index (χ0v) is 9.74. The van der Waals surface area contributed by atoms with Crippen LogP contribution in [0, 0.1) is 5.82 Å². The van der Waals surface area contributed by atoms with Gasteiger partial charge in [-0.1, -0.05) is 28.1 Å². The number of hydrogen-bond donors (Lipinski definition) is 0. The molecule has 1 aromatic rings. The lowest BCUT2D eigenvalue weighted by Crippen LogP contribution is -2.14. The predicted octanol–water partition coefficient (Wildman–Crippen LogP) is 4.05. The number of halogens is 5. The van der Waals surface area contributed by atoms with Crippen molar-refractivity contribution in [2.45, 2.75) is 17.9 Å². The van der Waals surface area contributed by atoms with Crippen LogP contribution < -0.4 is 4.74 Å². The normalized spacial score (nSPS) is 11.6. The van der Waals surface area contributed by atoms with Crippen LogP contribution in [0.2, 0.25) is 0 Å². The van der Waals surface area contributed by atoms with Crippen LogP contribution in [0.15, 0.2) is 18.2 Å². The van der Waals surface area contributed by atoms with Gasteiger partial charge in [-0.05, 0) is 6.07 Å². The SMILES string of the molecule is Fc1cccc(CBr)c1OCCC(F)(F)F. The molecule has 0 aliphatic heterocycles. The van der Waals surface area contributed by atoms with Crippen LogP contribution in [0.3, 0.4) is 0 Å². The Hall–Kier alpha value is -0.780. The van der Waals surface area contributed by atoms with Crippen LogP contribution in [0.25, 0.3) is 0 Å². The zero-order chi connectivity index (χ0) is 12.2. The summed E-state index contributed by atoms with van der Waals surface area (Å²) in [6.45, 7) is -0.579. The summed E-state index contributed by atoms with van der Waals surface area (Å²) in [7, 11) is 0. The van der Waals surface area contributed by atoms with E-state index >= 15 is 0 Å². The van der Waals surface area contributed by atoms with E-state index in [1.165, 1.54) is 6.07 Å². The van der Waals surface area contributed by atoms with Gasteiger partial charge in [-0.25, -0.2) is 4.39 Å². The highest BCUT2D eigenvalue weighted by atomic mass is 79.9. The monoisotopic (exact) mass is 300 g/mol. The summed E-state index contributed by atoms with van der Waals surface area (Å²) >= 11 is 3.11. The fourth-order valence-electron chi connectivity index (χ4n) is 1.09. The van der Waals surface area contributed by atoms with Crippen LogP contribution in [0.1, 0.15) is 12.0 Å². The Balaban J connectivity index is 2.66. The first-order valence-corrected chi connectivity index (χ1v) is 5.59. The van der Waals surface area contributed by atoms with Gasteiger partial charge in [0.2, 0.25) is 0 Å². The molecule has 0 radical (unpaired) electrons. The zero-order valence-electron chi connectivity index (χ0n) is 8.15. The van der Waals surface area contributed by atoms with Gasteiger partial charge in [-0.2, -0.15) is 13.2 Å². The van der Waals surface area contributed by atoms with Gasteiger partial charge in [0.15, 0.2) is 11.6 Å². The fourth-order valence-corrected chi connectivity index (χ4v) is 1.53. The van der Waals surface area contributed by atoms with Gasteiger partial charge in [-0.15, -0.1) is 0 Å². The molecule has 1 rings (SSSR count). The van der Waals surface area contributed by atoms with Crippen molar-refractivity contribution in [1.82, 2.24) is 0 Å². The minimum Gasteiger partial charge on any atom is -0.490 e. The third-order valence-electron chi connectivity index (χ3n) is 1.82. The summed E-state index contributed by atoms with van der Waals surface area (Å²) in [6, 6.07) is 4.21. The second-order valence-electron chi connectivity index (χ2n) is 3.08. The van der Waals surface area contributed by atoms with Gasteiger partial charge in [0.25, 0.3) is 0 Å². The second kappa shape index (κ2) is 5.52. The molecule has 0 aliphatic rings. The summed E-state index contributed by atoms with van der Waals surface area (Å²) in [5.41, 5.74) is 0.488. The molecule has 0 atom stereocenters. The Labute approximate surface area is 98.5 Å². The van der Waals surface area contributed by atoms with Crippen LogP contribution in [-0.4, -0.2) is 12.8 Å². The fraction of sp³-hybridized carbons (Fsp3) is 0.400. The lowest BCUT2D eigenvalue weighted by atomic mass is 10.2. The summed E-state index contributed by atoms with van der Waals surface area (Å²) in [5.74, 6) is -0.775. The molecule has 0 aromatic heterocycles. The van der Waals surface area contributed by atoms with E-state index in [0.717, 1.165) is 6.07 Å². The van der Waals surface area contributed by atoms with Gasteiger partial charge in [-0.3, -0.25) is 0 Å². The molecule has 1 aromatic carbocycles. The summed E-state index contributed by atoms with van der Waals surface area (Å²) < 4.78 is 53.6. The molecule has 0 amide bonds. The van der Waals surface area contributed by atoms with Crippen molar-refractivity contribution in [2.24, 2.45) is 0 Å². The number of benzene rings is 1. The highest BCUT2D eigenvalue weighted by molar-refractivity contribution is 9.08. The summed E-state index contributed by atoms with van der Waals surface area (Å²) in [6.07, 6.45) is -5.39. The summed E-state index contributed by atoms with van der Waals surface area (Å²) in [4.78, 5) is 0. The largest absolute Gasteiger partial charge is 0.490 e. The predicted molar refractivity (Wildman–Crippen MR) is 55.2 cm³/mol. The number of alkyl halides is 4. The van der Waals surface area contributed by atoms with Crippen molar-refractivity contribution in [3.8, 4) is 5.75 Å². The molecule has 16 heavy (non-hydrogen) atoms. The Morgan fingerprint density at radius 2 is 1.94 bits per heavy atom. The van der Waals surface area contributed by atoms with Gasteiger partial charge in [0, 0.05) is 10.9 Å². The molecule has 6 heteroatoms. The molecular formula is C10H9BrF4O. The van der Waals surface area contributed by atoms with E-state index in [2.05, 4.69) is 15.9 Å². The molecule has 0 bridgehead atoms. The van der Waals surface area contributed by atoms with E-state index < -0.39 is 25.0 Å². The number of para-hydroxylation sites is 1. The second-order valence-corrected chi connectivity index (χ2v) is 3.64. The van der Waals surface area contributed by atoms with Crippen molar-refractivity contribution >= 4 is 15.9 Å². The van der Waals surface area contributed by atoms with E-state index in [0.29, 0.717) is 10.9 Å². The molecular weight excluding hydrogens is 292 g/mol. The lowest BCUT2D eigenvalue weighted by molar-refractivity contribution is -0.139. The van der Waals surface area contributed by atoms with Crippen molar-refractivity contribution in [2.75, 3.05) is 6.61 Å². The highest BCUT2D eigenvalue weighted by Gasteiger charge is 2.27. The number of hydrogen-bond acceptors (Lipinski definition) is 1. The van der Waals surface area contributed by atoms with Crippen LogP contribution in [-0.2, 0) is 5.33 Å². The average molecular weight is 301 g/mol. The van der Waals surface area contributed by atoms with Gasteiger partial charge in [0.05, 0.1) is 13.0 Å². The van der Waals surface area contributed by atoms with Crippen molar-refractivity contribution in [3.63, 3.8) is 0 Å². The first kappa shape index (κ1) is 13.3. The summed E-state index contributed by atoms with van der Waals surface area (Å²) in [5, 5.41) is 0.326. The van der Waals surface area contributed by atoms with Crippen molar-refractivity contribution in [3.05, 3.63) is 29.6 Å². The van der Waals surface area contributed by atoms with E-state index in [-0.39, 0.29) is 5.75 Å². The molecule has 0 spiro atoms. The molecule has 0 heterocycles. The maximum atomic E-state index is 13.2. The van der Waals surface area contributed by atoms with Crippen LogP contribution in [0.4, 0.5) is 17.6 Å². The minimum absolute atomic E-state index is 0.122. The highest BCUT2D eigenvalue weighted by Crippen LogP contribution is 2.26. The minimum atomic E-state index is -4.29. The average Bonchev–Trinajstić information content (AvgIpc) is 2.18. The first-order chi connectivity index (χ1) is 7.44. The van der Waals surface area contributed by atoms with E-state index in [1.54, 1.807) is 6.07 Å². The van der Waals surface area contributed by atoms with E-state index in [4.69, 9.17) is 4.74 Å². The van der Waals surface area contributed by atoms with E-state index in [1.807, 2.05) is 0 Å². The van der Waals surface area contributed by atoms with E-state index in [9.17, 15) is 17.6 Å². The maximum Gasteiger partial charge on any atom is 0.392 e. The van der Waals surface area contributed by atoms with Crippen molar-refractivity contribution in [1.29, 1.82) is 0 Å². The van der Waals surface area contributed by atoms with Gasteiger partial charge in [0.1, 0.15) is 0 Å². The first-order valence-electron chi connectivity index (χ1n) is 4.47. The third kappa shape index (κ3) is 4.00. The smallest absolute Gasteiger partial charge is 0.392 e. The molecule has 0 fully saturated rings. The number of rotatable bonds is 4. The van der Waals surface area contributed by atoms with Crippen LogP contribution in [0.5, 0.6) is 5.75 Å². The van der Waals surface area contributed by atoms with Crippen molar-refractivity contribution < 1.29 is 22.3 Å². The Bertz CT molecular complexity index is 351. The molecule has 0 saturated heterocycles. The Kier molecular flexibility index (Phi) is 4.58. The quantitative estimate of drug-likeness (QED) is 0.602. The van der Waals surface area contributed by atoms with Gasteiger partial charge >= 0.3 is 6.18 Å².